The molecule has 0 saturated carbocycles. The Morgan fingerprint density at radius 2 is 2.18 bits per heavy atom. The Morgan fingerprint density at radius 1 is 1.30 bits per heavy atom. The highest BCUT2D eigenvalue weighted by Crippen LogP contribution is 2.42. The monoisotopic (exact) mass is 520 g/mol. The van der Waals surface area contributed by atoms with Gasteiger partial charge < -0.3 is 10.1 Å². The fraction of sp³-hybridized carbons (Fsp3) is 0.476. The topological polar surface area (TPSA) is 94.3 Å². The molecule has 1 aliphatic rings. The summed E-state index contributed by atoms with van der Waals surface area (Å²) in [5, 5.41) is 16.9. The largest absolute Gasteiger partial charge is 0.369 e. The molecular formula is C21H24N6O2S4. The van der Waals surface area contributed by atoms with Crippen LogP contribution >= 0.6 is 46.2 Å². The fourth-order valence-corrected chi connectivity index (χ4v) is 7.03. The van der Waals surface area contributed by atoms with Crippen LogP contribution in [0.3, 0.4) is 0 Å². The first-order chi connectivity index (χ1) is 16.0. The van der Waals surface area contributed by atoms with E-state index in [-0.39, 0.29) is 17.3 Å². The van der Waals surface area contributed by atoms with Crippen LogP contribution in [0.4, 0.5) is 5.13 Å². The van der Waals surface area contributed by atoms with E-state index in [0.29, 0.717) is 16.9 Å². The van der Waals surface area contributed by atoms with Crippen LogP contribution in [0.5, 0.6) is 0 Å². The van der Waals surface area contributed by atoms with Crippen molar-refractivity contribution < 1.29 is 9.53 Å². The average Bonchev–Trinajstić information content (AvgIpc) is 3.54. The summed E-state index contributed by atoms with van der Waals surface area (Å²) in [6.45, 7) is 7.09. The maximum Gasteiger partial charge on any atom is 0.236 e. The molecule has 8 nitrogen and oxygen atoms in total. The number of carbonyl (C=O) groups excluding carboxylic acids is 1. The molecule has 12 heteroatoms. The minimum Gasteiger partial charge on any atom is -0.369 e. The zero-order valence-corrected chi connectivity index (χ0v) is 21.8. The average molecular weight is 521 g/mol. The van der Waals surface area contributed by atoms with E-state index in [9.17, 15) is 4.79 Å². The van der Waals surface area contributed by atoms with E-state index in [1.165, 1.54) is 33.5 Å². The molecule has 0 fully saturated rings. The molecule has 0 bridgehead atoms. The summed E-state index contributed by atoms with van der Waals surface area (Å²) in [6, 6.07) is 0. The number of anilines is 1. The van der Waals surface area contributed by atoms with Crippen molar-refractivity contribution in [1.29, 1.82) is 0 Å². The molecule has 5 heterocycles. The van der Waals surface area contributed by atoms with E-state index >= 15 is 0 Å². The second-order valence-corrected chi connectivity index (χ2v) is 12.0. The lowest BCUT2D eigenvalue weighted by Gasteiger charge is -2.33. The third kappa shape index (κ3) is 4.51. The zero-order chi connectivity index (χ0) is 23.0. The molecule has 0 unspecified atom stereocenters. The molecule has 33 heavy (non-hydrogen) atoms. The second kappa shape index (κ2) is 9.49. The van der Waals surface area contributed by atoms with E-state index in [1.807, 2.05) is 9.78 Å². The number of hydrogen-bond donors (Lipinski definition) is 1. The van der Waals surface area contributed by atoms with E-state index in [2.05, 4.69) is 41.3 Å². The van der Waals surface area contributed by atoms with Gasteiger partial charge in [0.2, 0.25) is 5.91 Å². The third-order valence-corrected chi connectivity index (χ3v) is 9.48. The van der Waals surface area contributed by atoms with Crippen molar-refractivity contribution in [2.24, 2.45) is 0 Å². The summed E-state index contributed by atoms with van der Waals surface area (Å²) in [7, 11) is 0. The molecular weight excluding hydrogens is 497 g/mol. The van der Waals surface area contributed by atoms with E-state index in [0.717, 1.165) is 46.0 Å². The molecule has 0 saturated heterocycles. The molecule has 0 spiro atoms. The number of hydrogen-bond acceptors (Lipinski definition) is 10. The zero-order valence-electron chi connectivity index (χ0n) is 18.6. The number of nitrogens with zero attached hydrogens (tertiary/aromatic N) is 5. The van der Waals surface area contributed by atoms with Crippen LogP contribution in [0.1, 0.15) is 44.1 Å². The van der Waals surface area contributed by atoms with Crippen molar-refractivity contribution in [2.45, 2.75) is 62.6 Å². The minimum absolute atomic E-state index is 0.118. The first kappa shape index (κ1) is 23.0. The van der Waals surface area contributed by atoms with Gasteiger partial charge in [0, 0.05) is 28.6 Å². The van der Waals surface area contributed by atoms with Crippen LogP contribution in [-0.2, 0) is 22.6 Å². The standard InChI is InChI=1S/C21H24N6O2S4/c1-4-7-31-19-24-17-15(12-9-21(3,5-2)29-10-13(12)33-17)16-25-26-20(27(16)19)32-11-14(28)23-18-22-6-8-30-18/h6,8H,4-5,7,9-11H2,1-3H3,(H,22,23,28)/t21-/m1/s1. The van der Waals surface area contributed by atoms with Crippen LogP contribution in [0.15, 0.2) is 21.9 Å². The molecule has 174 valence electrons. The van der Waals surface area contributed by atoms with Gasteiger partial charge in [-0.05, 0) is 25.3 Å². The van der Waals surface area contributed by atoms with Crippen LogP contribution in [-0.4, -0.2) is 47.6 Å². The molecule has 0 aromatic carbocycles. The molecule has 0 aliphatic carbocycles. The molecule has 4 aromatic rings. The highest BCUT2D eigenvalue weighted by Gasteiger charge is 2.33. The van der Waals surface area contributed by atoms with Gasteiger partial charge in [0.25, 0.3) is 0 Å². The van der Waals surface area contributed by atoms with Gasteiger partial charge >= 0.3 is 0 Å². The Balaban J connectivity index is 1.53. The summed E-state index contributed by atoms with van der Waals surface area (Å²) < 4.78 is 8.20. The molecule has 1 amide bonds. The lowest BCUT2D eigenvalue weighted by atomic mass is 9.90. The van der Waals surface area contributed by atoms with Crippen molar-refractivity contribution >= 4 is 73.1 Å². The van der Waals surface area contributed by atoms with Crippen molar-refractivity contribution in [3.8, 4) is 0 Å². The minimum atomic E-state index is -0.181. The Hall–Kier alpha value is -1.73. The summed E-state index contributed by atoms with van der Waals surface area (Å²) in [5.74, 6) is 1.05. The van der Waals surface area contributed by atoms with Crippen LogP contribution < -0.4 is 5.32 Å². The van der Waals surface area contributed by atoms with Crippen molar-refractivity contribution in [3.63, 3.8) is 0 Å². The SMILES string of the molecule is CCCSc1nc2sc3c(c2c2nnc(SCC(=O)Nc4nccs4)n12)C[C@@](C)(CC)OC3. The number of carbonyl (C=O) groups is 1. The number of amides is 1. The first-order valence-electron chi connectivity index (χ1n) is 10.8. The van der Waals surface area contributed by atoms with Gasteiger partial charge in [-0.15, -0.1) is 32.9 Å². The number of nitrogens with one attached hydrogen (secondary N) is 1. The van der Waals surface area contributed by atoms with Crippen molar-refractivity contribution in [1.82, 2.24) is 24.6 Å². The molecule has 1 N–H and O–H groups in total. The number of aromatic nitrogens is 5. The number of thiazole rings is 1. The van der Waals surface area contributed by atoms with Crippen LogP contribution in [0.25, 0.3) is 15.9 Å². The van der Waals surface area contributed by atoms with E-state index in [4.69, 9.17) is 9.72 Å². The summed E-state index contributed by atoms with van der Waals surface area (Å²) in [4.78, 5) is 23.8. The molecule has 1 aliphatic heterocycles. The maximum absolute atomic E-state index is 12.4. The van der Waals surface area contributed by atoms with Gasteiger partial charge in [-0.25, -0.2) is 14.4 Å². The van der Waals surface area contributed by atoms with Gasteiger partial charge in [-0.1, -0.05) is 37.4 Å². The molecule has 1 atom stereocenters. The van der Waals surface area contributed by atoms with Crippen LogP contribution in [0.2, 0.25) is 0 Å². The Bertz CT molecular complexity index is 1300. The Morgan fingerprint density at radius 3 is 2.94 bits per heavy atom. The summed E-state index contributed by atoms with van der Waals surface area (Å²) >= 11 is 6.16. The molecule has 4 aromatic heterocycles. The number of thioether (sulfide) groups is 2. The molecule has 5 rings (SSSR count). The van der Waals surface area contributed by atoms with Gasteiger partial charge in [0.05, 0.1) is 23.3 Å². The third-order valence-electron chi connectivity index (χ3n) is 5.61. The maximum atomic E-state index is 12.4. The smallest absolute Gasteiger partial charge is 0.236 e. The quantitative estimate of drug-likeness (QED) is 0.248. The number of fused-ring (bicyclic) bond motifs is 5. The Kier molecular flexibility index (Phi) is 6.62. The van der Waals surface area contributed by atoms with Crippen molar-refractivity contribution in [3.05, 3.63) is 22.0 Å². The number of thiophene rings is 1. The number of rotatable bonds is 8. The highest BCUT2D eigenvalue weighted by atomic mass is 32.2. The lowest BCUT2D eigenvalue weighted by Crippen LogP contribution is -2.33. The fourth-order valence-electron chi connectivity index (χ4n) is 3.70. The summed E-state index contributed by atoms with van der Waals surface area (Å²) in [5.41, 5.74) is 1.92. The van der Waals surface area contributed by atoms with E-state index < -0.39 is 0 Å². The molecule has 0 radical (unpaired) electrons. The normalized spacial score (nSPS) is 18.2. The second-order valence-electron chi connectivity index (χ2n) is 8.01. The highest BCUT2D eigenvalue weighted by molar-refractivity contribution is 8.00. The van der Waals surface area contributed by atoms with E-state index in [1.54, 1.807) is 29.3 Å². The van der Waals surface area contributed by atoms with Gasteiger partial charge in [-0.2, -0.15) is 0 Å². The van der Waals surface area contributed by atoms with Gasteiger partial charge in [-0.3, -0.25) is 4.79 Å². The summed E-state index contributed by atoms with van der Waals surface area (Å²) in [6.07, 6.45) is 4.49. The van der Waals surface area contributed by atoms with Gasteiger partial charge in [0.1, 0.15) is 4.83 Å². The first-order valence-corrected chi connectivity index (χ1v) is 14.5. The Labute approximate surface area is 207 Å². The predicted molar refractivity (Wildman–Crippen MR) is 136 cm³/mol. The number of ether oxygens (including phenoxy) is 1. The lowest BCUT2D eigenvalue weighted by molar-refractivity contribution is -0.113. The van der Waals surface area contributed by atoms with Crippen molar-refractivity contribution in [2.75, 3.05) is 16.8 Å². The van der Waals surface area contributed by atoms with Gasteiger partial charge in [0.15, 0.2) is 21.1 Å². The van der Waals surface area contributed by atoms with Crippen LogP contribution in [0, 0.1) is 0 Å². The predicted octanol–water partition coefficient (Wildman–Crippen LogP) is 5.27.